The van der Waals surface area contributed by atoms with Gasteiger partial charge in [0, 0.05) is 24.5 Å². The molecule has 4 heterocycles. The molecular formula is C22H26ClN7O8P+. The van der Waals surface area contributed by atoms with Gasteiger partial charge in [0.1, 0.15) is 43.5 Å². The summed E-state index contributed by atoms with van der Waals surface area (Å²) < 4.78 is 39.1. The molecule has 5 atom stereocenters. The van der Waals surface area contributed by atoms with Gasteiger partial charge < -0.3 is 35.1 Å². The van der Waals surface area contributed by atoms with E-state index in [4.69, 9.17) is 36.1 Å². The maximum Gasteiger partial charge on any atom is 0.437 e. The second-order valence-electron chi connectivity index (χ2n) is 8.58. The summed E-state index contributed by atoms with van der Waals surface area (Å²) in [6, 6.07) is 6.86. The lowest BCUT2D eigenvalue weighted by molar-refractivity contribution is -0.673. The van der Waals surface area contributed by atoms with Crippen LogP contribution in [-0.2, 0) is 25.1 Å². The standard InChI is InChI=1S/C22H25ClN7O8P/c1-35-18-15(10-37-39(33,34)29-7-6-25-11-29)38-21(17(18)31)30-12-28(16-19(30)26-22(24)27-20(16)32)8-9-36-14-4-2-13(23)3-5-14/h2-7,11-12,15,17-18,21,31H,8-10H2,1H3,(H3-,24,26,27,32,33,34)/p+1/t15-,17-,18-,21-/m1/s1. The molecule has 1 saturated heterocycles. The molecule has 15 nitrogen and oxygen atoms in total. The lowest BCUT2D eigenvalue weighted by Crippen LogP contribution is -2.37. The molecule has 0 bridgehead atoms. The lowest BCUT2D eigenvalue weighted by atomic mass is 10.1. The zero-order valence-corrected chi connectivity index (χ0v) is 22.2. The molecule has 0 saturated carbocycles. The minimum absolute atomic E-state index is 0.179. The minimum Gasteiger partial charge on any atom is -0.490 e. The normalized spacial score (nSPS) is 22.8. The molecule has 0 aliphatic carbocycles. The highest BCUT2D eigenvalue weighted by Crippen LogP contribution is 2.44. The van der Waals surface area contributed by atoms with Crippen LogP contribution in [0.2, 0.25) is 5.02 Å². The number of aliphatic hydroxyl groups excluding tert-OH is 1. The Kier molecular flexibility index (Phi) is 7.73. The van der Waals surface area contributed by atoms with Crippen molar-refractivity contribution in [1.29, 1.82) is 0 Å². The molecule has 5 N–H and O–H groups in total. The van der Waals surface area contributed by atoms with E-state index in [0.717, 1.165) is 10.7 Å². The first-order chi connectivity index (χ1) is 18.7. The van der Waals surface area contributed by atoms with Gasteiger partial charge in [-0.15, -0.1) is 0 Å². The van der Waals surface area contributed by atoms with Crippen molar-refractivity contribution in [3.63, 3.8) is 0 Å². The third-order valence-electron chi connectivity index (χ3n) is 6.12. The van der Waals surface area contributed by atoms with Gasteiger partial charge >= 0.3 is 7.75 Å². The Balaban J connectivity index is 1.39. The van der Waals surface area contributed by atoms with Crippen LogP contribution >= 0.6 is 19.3 Å². The van der Waals surface area contributed by atoms with Gasteiger partial charge in [0.25, 0.3) is 17.0 Å². The van der Waals surface area contributed by atoms with Crippen molar-refractivity contribution < 1.29 is 43.0 Å². The van der Waals surface area contributed by atoms with Crippen molar-refractivity contribution in [2.45, 2.75) is 31.1 Å². The van der Waals surface area contributed by atoms with Gasteiger partial charge in [0.2, 0.25) is 18.5 Å². The van der Waals surface area contributed by atoms with Crippen LogP contribution < -0.4 is 15.0 Å². The van der Waals surface area contributed by atoms with Crippen molar-refractivity contribution in [2.75, 3.05) is 26.1 Å². The molecule has 1 aliphatic heterocycles. The van der Waals surface area contributed by atoms with Gasteiger partial charge in [-0.05, 0) is 24.3 Å². The molecule has 3 aromatic heterocycles. The van der Waals surface area contributed by atoms with E-state index in [9.17, 15) is 19.7 Å². The molecule has 1 unspecified atom stereocenters. The summed E-state index contributed by atoms with van der Waals surface area (Å²) >= 11 is 5.92. The highest BCUT2D eigenvalue weighted by atomic mass is 35.5. The van der Waals surface area contributed by atoms with Crippen molar-refractivity contribution in [3.8, 4) is 11.6 Å². The second kappa shape index (κ2) is 11.1. The Bertz CT molecular complexity index is 1490. The first-order valence-electron chi connectivity index (χ1n) is 11.6. The average Bonchev–Trinajstić information content (AvgIpc) is 3.62. The van der Waals surface area contributed by atoms with Crippen molar-refractivity contribution in [2.24, 2.45) is 0 Å². The predicted octanol–water partition coefficient (Wildman–Crippen LogP) is 0.874. The van der Waals surface area contributed by atoms with E-state index >= 15 is 0 Å². The molecule has 0 radical (unpaired) electrons. The van der Waals surface area contributed by atoms with Crippen LogP contribution in [0.15, 0.2) is 49.3 Å². The number of nitrogens with two attached hydrogens (primary N) is 1. The maximum absolute atomic E-state index is 12.5. The summed E-state index contributed by atoms with van der Waals surface area (Å²) in [6.45, 7) is 0.0870. The molecule has 39 heavy (non-hydrogen) atoms. The number of benzene rings is 1. The number of hydrogen-bond donors (Lipinski definition) is 4. The third-order valence-corrected chi connectivity index (χ3v) is 7.68. The molecule has 4 aromatic rings. The van der Waals surface area contributed by atoms with Gasteiger partial charge in [-0.1, -0.05) is 11.6 Å². The Hall–Kier alpha value is -3.30. The number of fused-ring (bicyclic) bond motifs is 1. The number of nitrogen functional groups attached to an aromatic ring is 1. The number of ether oxygens (including phenoxy) is 3. The van der Waals surface area contributed by atoms with Gasteiger partial charge in [-0.3, -0.25) is 4.52 Å². The van der Waals surface area contributed by atoms with Crippen LogP contribution in [0.3, 0.4) is 0 Å². The minimum atomic E-state index is -4.25. The number of aliphatic hydroxyl groups is 1. The summed E-state index contributed by atoms with van der Waals surface area (Å²) in [6.07, 6.45) is 1.16. The molecule has 1 aliphatic rings. The molecule has 17 heteroatoms. The van der Waals surface area contributed by atoms with Crippen LogP contribution in [-0.4, -0.2) is 77.6 Å². The highest BCUT2D eigenvalue weighted by Gasteiger charge is 2.49. The fraction of sp³-hybridized carbons (Fsp3) is 0.364. The number of aromatic hydroxyl groups is 1. The van der Waals surface area contributed by atoms with Crippen LogP contribution in [0.1, 0.15) is 6.23 Å². The van der Waals surface area contributed by atoms with Crippen molar-refractivity contribution in [3.05, 3.63) is 54.3 Å². The Morgan fingerprint density at radius 2 is 2.05 bits per heavy atom. The average molecular weight is 583 g/mol. The van der Waals surface area contributed by atoms with E-state index in [2.05, 4.69) is 15.0 Å². The smallest absolute Gasteiger partial charge is 0.437 e. The predicted molar refractivity (Wildman–Crippen MR) is 135 cm³/mol. The third kappa shape index (κ3) is 5.56. The van der Waals surface area contributed by atoms with Gasteiger partial charge in [0.15, 0.2) is 0 Å². The fourth-order valence-corrected chi connectivity index (χ4v) is 5.33. The monoisotopic (exact) mass is 582 g/mol. The summed E-state index contributed by atoms with van der Waals surface area (Å²) in [5.74, 6) is 0.0340. The van der Waals surface area contributed by atoms with E-state index in [1.807, 2.05) is 0 Å². The fourth-order valence-electron chi connectivity index (χ4n) is 4.31. The van der Waals surface area contributed by atoms with Gasteiger partial charge in [-0.2, -0.15) is 14.5 Å². The lowest BCUT2D eigenvalue weighted by Gasteiger charge is -2.19. The molecule has 1 aromatic carbocycles. The summed E-state index contributed by atoms with van der Waals surface area (Å²) in [5.41, 5.74) is 6.20. The second-order valence-corrected chi connectivity index (χ2v) is 10.7. The van der Waals surface area contributed by atoms with E-state index in [1.165, 1.54) is 24.1 Å². The number of hydrogen-bond acceptors (Lipinski definition) is 11. The molecule has 5 rings (SSSR count). The first kappa shape index (κ1) is 27.3. The number of aromatic nitrogens is 6. The summed E-state index contributed by atoms with van der Waals surface area (Å²) in [7, 11) is -2.88. The molecular weight excluding hydrogens is 557 g/mol. The Morgan fingerprint density at radius 3 is 2.74 bits per heavy atom. The van der Waals surface area contributed by atoms with E-state index in [0.29, 0.717) is 10.8 Å². The topological polar surface area (TPSA) is 193 Å². The van der Waals surface area contributed by atoms with Crippen LogP contribution in [0.4, 0.5) is 5.95 Å². The van der Waals surface area contributed by atoms with Crippen molar-refractivity contribution in [1.82, 2.24) is 23.9 Å². The van der Waals surface area contributed by atoms with E-state index in [1.54, 1.807) is 35.2 Å². The number of rotatable bonds is 10. The van der Waals surface area contributed by atoms with Crippen LogP contribution in [0, 0.1) is 0 Å². The summed E-state index contributed by atoms with van der Waals surface area (Å²) in [4.78, 5) is 22.1. The number of methoxy groups -OCH3 is 1. The zero-order chi connectivity index (χ0) is 27.7. The largest absolute Gasteiger partial charge is 0.490 e. The quantitative estimate of drug-likeness (QED) is 0.152. The number of anilines is 1. The Morgan fingerprint density at radius 1 is 1.28 bits per heavy atom. The maximum atomic E-state index is 12.5. The van der Waals surface area contributed by atoms with E-state index in [-0.39, 0.29) is 42.8 Å². The SMILES string of the molecule is CO[C@H]1[C@@H](O)[C@H](n2c[n+](CCOc3ccc(Cl)cc3)c3c(O)nc(N)nc32)O[C@@H]1COP(=O)(O)n1ccnc1. The number of imidazole rings is 2. The van der Waals surface area contributed by atoms with Crippen LogP contribution in [0.5, 0.6) is 11.6 Å². The van der Waals surface area contributed by atoms with Gasteiger partial charge in [0.05, 0.1) is 6.61 Å². The molecule has 0 amide bonds. The first-order valence-corrected chi connectivity index (χ1v) is 13.6. The molecule has 1 fully saturated rings. The van der Waals surface area contributed by atoms with E-state index < -0.39 is 32.3 Å². The Labute approximate surface area is 226 Å². The van der Waals surface area contributed by atoms with Gasteiger partial charge in [-0.25, -0.2) is 18.5 Å². The summed E-state index contributed by atoms with van der Waals surface area (Å²) in [5, 5.41) is 22.2. The number of halogens is 1. The highest BCUT2D eigenvalue weighted by molar-refractivity contribution is 7.51. The zero-order valence-electron chi connectivity index (χ0n) is 20.5. The van der Waals surface area contributed by atoms with Crippen molar-refractivity contribution >= 4 is 36.5 Å². The van der Waals surface area contributed by atoms with Crippen LogP contribution in [0.25, 0.3) is 11.2 Å². The number of nitrogens with zero attached hydrogens (tertiary/aromatic N) is 6. The molecule has 0 spiro atoms. The molecule has 208 valence electrons.